The van der Waals surface area contributed by atoms with Crippen LogP contribution in [0.2, 0.25) is 0 Å². The average molecular weight is 405 g/mol. The van der Waals surface area contributed by atoms with Crippen LogP contribution in [0.4, 0.5) is 4.79 Å². The van der Waals surface area contributed by atoms with Gasteiger partial charge in [0.1, 0.15) is 11.6 Å². The van der Waals surface area contributed by atoms with Gasteiger partial charge in [-0.2, -0.15) is 0 Å². The first-order chi connectivity index (χ1) is 9.71. The van der Waals surface area contributed by atoms with Gasteiger partial charge in [-0.15, -0.1) is 0 Å². The number of amides is 1. The molecule has 0 heterocycles. The second-order valence-electron chi connectivity index (χ2n) is 5.55. The van der Waals surface area contributed by atoms with Crippen LogP contribution < -0.4 is 5.32 Å². The summed E-state index contributed by atoms with van der Waals surface area (Å²) in [4.78, 5) is 23.6. The predicted octanol–water partition coefficient (Wildman–Crippen LogP) is 2.90. The number of benzene rings is 1. The van der Waals surface area contributed by atoms with E-state index >= 15 is 0 Å². The highest BCUT2D eigenvalue weighted by Crippen LogP contribution is 2.11. The minimum absolute atomic E-state index is 0.350. The molecule has 1 N–H and O–H groups in total. The standard InChI is InChI=1S/C15H20INO4/c1-15(2,3)21-14(19)17-12(13(18)20-4)9-10-5-7-11(16)8-6-10/h5-8,12H,9H2,1-4H3,(H,17,19)/t12-/m0/s1. The fourth-order valence-corrected chi connectivity index (χ4v) is 2.00. The van der Waals surface area contributed by atoms with Gasteiger partial charge < -0.3 is 14.8 Å². The molecule has 21 heavy (non-hydrogen) atoms. The van der Waals surface area contributed by atoms with Crippen molar-refractivity contribution in [3.8, 4) is 0 Å². The van der Waals surface area contributed by atoms with Crippen molar-refractivity contribution in [2.75, 3.05) is 7.11 Å². The second kappa shape index (κ2) is 7.63. The summed E-state index contributed by atoms with van der Waals surface area (Å²) >= 11 is 2.20. The molecule has 1 aromatic carbocycles. The largest absolute Gasteiger partial charge is 0.467 e. The monoisotopic (exact) mass is 405 g/mol. The lowest BCUT2D eigenvalue weighted by molar-refractivity contribution is -0.143. The third-order valence-electron chi connectivity index (χ3n) is 2.53. The van der Waals surface area contributed by atoms with E-state index in [9.17, 15) is 9.59 Å². The molecule has 1 rings (SSSR count). The molecule has 0 unspecified atom stereocenters. The summed E-state index contributed by atoms with van der Waals surface area (Å²) in [6.45, 7) is 5.29. The van der Waals surface area contributed by atoms with E-state index < -0.39 is 23.7 Å². The maximum absolute atomic E-state index is 11.8. The highest BCUT2D eigenvalue weighted by Gasteiger charge is 2.25. The Morgan fingerprint density at radius 3 is 2.29 bits per heavy atom. The summed E-state index contributed by atoms with van der Waals surface area (Å²) in [5, 5.41) is 2.55. The van der Waals surface area contributed by atoms with Gasteiger partial charge in [0.15, 0.2) is 0 Å². The van der Waals surface area contributed by atoms with Crippen LogP contribution >= 0.6 is 22.6 Å². The first-order valence-corrected chi connectivity index (χ1v) is 7.61. The average Bonchev–Trinajstić information content (AvgIpc) is 2.37. The zero-order chi connectivity index (χ0) is 16.0. The van der Waals surface area contributed by atoms with E-state index in [2.05, 4.69) is 27.9 Å². The zero-order valence-corrected chi connectivity index (χ0v) is 14.8. The van der Waals surface area contributed by atoms with Gasteiger partial charge in [0.2, 0.25) is 0 Å². The molecule has 0 saturated carbocycles. The molecule has 5 nitrogen and oxygen atoms in total. The number of carbonyl (C=O) groups is 2. The van der Waals surface area contributed by atoms with Crippen molar-refractivity contribution < 1.29 is 19.1 Å². The molecule has 6 heteroatoms. The van der Waals surface area contributed by atoms with Crippen molar-refractivity contribution in [2.45, 2.75) is 38.8 Å². The molecule has 0 spiro atoms. The van der Waals surface area contributed by atoms with Gasteiger partial charge >= 0.3 is 12.1 Å². The van der Waals surface area contributed by atoms with Crippen molar-refractivity contribution in [1.82, 2.24) is 5.32 Å². The van der Waals surface area contributed by atoms with Crippen molar-refractivity contribution in [3.05, 3.63) is 33.4 Å². The topological polar surface area (TPSA) is 64.6 Å². The lowest BCUT2D eigenvalue weighted by Gasteiger charge is -2.22. The van der Waals surface area contributed by atoms with E-state index in [1.807, 2.05) is 24.3 Å². The third-order valence-corrected chi connectivity index (χ3v) is 3.25. The number of alkyl carbamates (subject to hydrolysis) is 1. The van der Waals surface area contributed by atoms with Crippen molar-refractivity contribution in [2.24, 2.45) is 0 Å². The van der Waals surface area contributed by atoms with Crippen molar-refractivity contribution in [3.63, 3.8) is 0 Å². The normalized spacial score (nSPS) is 12.4. The minimum atomic E-state index is -0.773. The van der Waals surface area contributed by atoms with Gasteiger partial charge in [-0.3, -0.25) is 0 Å². The molecule has 1 aromatic rings. The van der Waals surface area contributed by atoms with E-state index in [1.165, 1.54) is 7.11 Å². The summed E-state index contributed by atoms with van der Waals surface area (Å²) in [5.41, 5.74) is 0.315. The number of methoxy groups -OCH3 is 1. The number of hydrogen-bond donors (Lipinski definition) is 1. The fourth-order valence-electron chi connectivity index (χ4n) is 1.64. The Labute approximate surface area is 138 Å². The fraction of sp³-hybridized carbons (Fsp3) is 0.467. The second-order valence-corrected chi connectivity index (χ2v) is 6.80. The number of nitrogens with one attached hydrogen (secondary N) is 1. The summed E-state index contributed by atoms with van der Waals surface area (Å²) in [5.74, 6) is -0.501. The van der Waals surface area contributed by atoms with E-state index in [4.69, 9.17) is 9.47 Å². The Morgan fingerprint density at radius 1 is 1.24 bits per heavy atom. The van der Waals surface area contributed by atoms with Gasteiger partial charge in [-0.05, 0) is 61.1 Å². The van der Waals surface area contributed by atoms with Crippen LogP contribution in [0.15, 0.2) is 24.3 Å². The number of halogens is 1. The minimum Gasteiger partial charge on any atom is -0.467 e. The highest BCUT2D eigenvalue weighted by molar-refractivity contribution is 14.1. The molecule has 0 bridgehead atoms. The number of carbonyl (C=O) groups excluding carboxylic acids is 2. The van der Waals surface area contributed by atoms with Crippen LogP contribution in [0.5, 0.6) is 0 Å². The molecule has 116 valence electrons. The summed E-state index contributed by atoms with van der Waals surface area (Å²) in [6.07, 6.45) is -0.286. The van der Waals surface area contributed by atoms with Gasteiger partial charge in [-0.1, -0.05) is 12.1 Å². The van der Waals surface area contributed by atoms with Crippen LogP contribution in [-0.2, 0) is 20.7 Å². The molecule has 0 fully saturated rings. The molecular formula is C15H20INO4. The summed E-state index contributed by atoms with van der Waals surface area (Å²) < 4.78 is 11.0. The number of hydrogen-bond acceptors (Lipinski definition) is 4. The predicted molar refractivity (Wildman–Crippen MR) is 88.0 cm³/mol. The first-order valence-electron chi connectivity index (χ1n) is 6.53. The maximum Gasteiger partial charge on any atom is 0.408 e. The van der Waals surface area contributed by atoms with Crippen LogP contribution in [0.3, 0.4) is 0 Å². The third kappa shape index (κ3) is 6.79. The molecule has 0 radical (unpaired) electrons. The molecule has 0 aliphatic rings. The van der Waals surface area contributed by atoms with Gasteiger partial charge in [0, 0.05) is 9.99 Å². The van der Waals surface area contributed by atoms with Crippen molar-refractivity contribution in [1.29, 1.82) is 0 Å². The Hall–Kier alpha value is -1.31. The molecule has 0 saturated heterocycles. The van der Waals surface area contributed by atoms with Crippen LogP contribution in [-0.4, -0.2) is 30.8 Å². The molecule has 0 aliphatic carbocycles. The Balaban J connectivity index is 2.74. The van der Waals surface area contributed by atoms with Crippen molar-refractivity contribution >= 4 is 34.7 Å². The maximum atomic E-state index is 11.8. The van der Waals surface area contributed by atoms with Gasteiger partial charge in [0.05, 0.1) is 7.11 Å². The number of rotatable bonds is 4. The van der Waals surface area contributed by atoms with E-state index in [-0.39, 0.29) is 0 Å². The Kier molecular flexibility index (Phi) is 6.44. The highest BCUT2D eigenvalue weighted by atomic mass is 127. The lowest BCUT2D eigenvalue weighted by atomic mass is 10.1. The number of ether oxygens (including phenoxy) is 2. The van der Waals surface area contributed by atoms with E-state index in [0.717, 1.165) is 9.13 Å². The molecule has 0 aromatic heterocycles. The Bertz CT molecular complexity index is 493. The van der Waals surface area contributed by atoms with Crippen LogP contribution in [0.25, 0.3) is 0 Å². The van der Waals surface area contributed by atoms with Crippen LogP contribution in [0, 0.1) is 3.57 Å². The smallest absolute Gasteiger partial charge is 0.408 e. The molecule has 1 atom stereocenters. The first kappa shape index (κ1) is 17.7. The summed E-state index contributed by atoms with van der Waals surface area (Å²) in [7, 11) is 1.29. The van der Waals surface area contributed by atoms with E-state index in [1.54, 1.807) is 20.8 Å². The van der Waals surface area contributed by atoms with Crippen LogP contribution in [0.1, 0.15) is 26.3 Å². The Morgan fingerprint density at radius 2 is 1.81 bits per heavy atom. The number of esters is 1. The lowest BCUT2D eigenvalue weighted by Crippen LogP contribution is -2.45. The molecular weight excluding hydrogens is 385 g/mol. The van der Waals surface area contributed by atoms with E-state index in [0.29, 0.717) is 6.42 Å². The molecule has 0 aliphatic heterocycles. The van der Waals surface area contributed by atoms with Gasteiger partial charge in [0.25, 0.3) is 0 Å². The quantitative estimate of drug-likeness (QED) is 0.618. The zero-order valence-electron chi connectivity index (χ0n) is 12.6. The molecule has 1 amide bonds. The SMILES string of the molecule is COC(=O)[C@H](Cc1ccc(I)cc1)NC(=O)OC(C)(C)C. The van der Waals surface area contributed by atoms with Gasteiger partial charge in [-0.25, -0.2) is 9.59 Å². The summed E-state index contributed by atoms with van der Waals surface area (Å²) in [6, 6.07) is 6.93.